The lowest BCUT2D eigenvalue weighted by molar-refractivity contribution is 0.184. The molecular formula is C23H31N5O4S. The molecule has 1 aliphatic carbocycles. The molecule has 0 bridgehead atoms. The van der Waals surface area contributed by atoms with E-state index in [4.69, 9.17) is 5.73 Å². The third kappa shape index (κ3) is 7.44. The van der Waals surface area contributed by atoms with Crippen LogP contribution in [0, 0.1) is 0 Å². The van der Waals surface area contributed by atoms with Crippen LogP contribution in [0.5, 0.6) is 0 Å². The second-order valence-corrected chi connectivity index (χ2v) is 9.98. The van der Waals surface area contributed by atoms with Gasteiger partial charge in [0.05, 0.1) is 24.2 Å². The van der Waals surface area contributed by atoms with Crippen LogP contribution >= 0.6 is 0 Å². The van der Waals surface area contributed by atoms with E-state index < -0.39 is 22.2 Å². The van der Waals surface area contributed by atoms with Crippen molar-refractivity contribution in [3.63, 3.8) is 0 Å². The number of nitrogens with one attached hydrogen (secondary N) is 1. The first-order valence-corrected chi connectivity index (χ1v) is 12.7. The van der Waals surface area contributed by atoms with Gasteiger partial charge in [-0.25, -0.2) is 18.4 Å². The SMILES string of the molecule is CS(=O)(=O)N(CCCN)Cc1cccc(-c2ccnc(NC[C@H](O)C3=CC=CC(O)C3)n2)c1. The molecule has 2 aromatic rings. The maximum absolute atomic E-state index is 12.1. The van der Waals surface area contributed by atoms with E-state index in [1.165, 1.54) is 10.6 Å². The van der Waals surface area contributed by atoms with E-state index in [1.807, 2.05) is 24.3 Å². The van der Waals surface area contributed by atoms with Crippen molar-refractivity contribution in [3.05, 3.63) is 65.9 Å². The lowest BCUT2D eigenvalue weighted by atomic mass is 9.98. The van der Waals surface area contributed by atoms with Gasteiger partial charge in [-0.3, -0.25) is 0 Å². The van der Waals surface area contributed by atoms with Crippen LogP contribution in [0.4, 0.5) is 5.95 Å². The fourth-order valence-corrected chi connectivity index (χ4v) is 4.36. The fraction of sp³-hybridized carbons (Fsp3) is 0.391. The molecule has 33 heavy (non-hydrogen) atoms. The summed E-state index contributed by atoms with van der Waals surface area (Å²) in [6.07, 6.45) is 7.67. The van der Waals surface area contributed by atoms with Gasteiger partial charge >= 0.3 is 0 Å². The van der Waals surface area contributed by atoms with Gasteiger partial charge in [0, 0.05) is 37.8 Å². The van der Waals surface area contributed by atoms with Crippen LogP contribution in [0.15, 0.2) is 60.3 Å². The number of aliphatic hydroxyl groups excluding tert-OH is 2. The Kier molecular flexibility index (Phi) is 8.70. The minimum atomic E-state index is -3.35. The van der Waals surface area contributed by atoms with Crippen molar-refractivity contribution < 1.29 is 18.6 Å². The topological polar surface area (TPSA) is 142 Å². The zero-order valence-electron chi connectivity index (χ0n) is 18.6. The van der Waals surface area contributed by atoms with Gasteiger partial charge < -0.3 is 21.3 Å². The second-order valence-electron chi connectivity index (χ2n) is 8.00. The summed E-state index contributed by atoms with van der Waals surface area (Å²) >= 11 is 0. The predicted octanol–water partition coefficient (Wildman–Crippen LogP) is 1.27. The van der Waals surface area contributed by atoms with E-state index in [1.54, 1.807) is 30.5 Å². The van der Waals surface area contributed by atoms with E-state index in [0.29, 0.717) is 37.6 Å². The molecule has 1 unspecified atom stereocenters. The standard InChI is InChI=1S/C23H31N5O4S/c1-33(31,32)28(12-4-10-24)16-17-5-2-6-18(13-17)21-9-11-25-23(27-21)26-15-22(30)19-7-3-8-20(29)14-19/h2-3,5-9,11,13,20,22,29-30H,4,10,12,14-16,24H2,1H3,(H,25,26,27)/t20?,22-/m0/s1. The van der Waals surface area contributed by atoms with Crippen LogP contribution in [0.1, 0.15) is 18.4 Å². The number of allylic oxidation sites excluding steroid dienone is 2. The molecule has 0 aliphatic heterocycles. The molecule has 0 radical (unpaired) electrons. The van der Waals surface area contributed by atoms with Gasteiger partial charge in [-0.2, -0.15) is 4.31 Å². The van der Waals surface area contributed by atoms with Crippen LogP contribution in [-0.2, 0) is 16.6 Å². The maximum atomic E-state index is 12.1. The Morgan fingerprint density at radius 3 is 2.88 bits per heavy atom. The van der Waals surface area contributed by atoms with Crippen LogP contribution in [-0.4, -0.2) is 71.0 Å². The van der Waals surface area contributed by atoms with Gasteiger partial charge in [-0.1, -0.05) is 36.4 Å². The van der Waals surface area contributed by atoms with Gasteiger partial charge in [0.1, 0.15) is 0 Å². The van der Waals surface area contributed by atoms with E-state index >= 15 is 0 Å². The molecule has 1 aromatic carbocycles. The van der Waals surface area contributed by atoms with Crippen molar-refractivity contribution in [1.82, 2.24) is 14.3 Å². The van der Waals surface area contributed by atoms with Crippen molar-refractivity contribution in [1.29, 1.82) is 0 Å². The number of aromatic nitrogens is 2. The third-order valence-corrected chi connectivity index (χ3v) is 6.54. The summed E-state index contributed by atoms with van der Waals surface area (Å²) < 4.78 is 25.6. The van der Waals surface area contributed by atoms with E-state index in [-0.39, 0.29) is 13.1 Å². The predicted molar refractivity (Wildman–Crippen MR) is 129 cm³/mol. The highest BCUT2D eigenvalue weighted by atomic mass is 32.2. The Morgan fingerprint density at radius 1 is 1.33 bits per heavy atom. The van der Waals surface area contributed by atoms with Gasteiger partial charge in [-0.15, -0.1) is 0 Å². The first kappa shape index (κ1) is 25.0. The Bertz CT molecular complexity index is 1100. The minimum Gasteiger partial charge on any atom is -0.389 e. The van der Waals surface area contributed by atoms with Crippen LogP contribution < -0.4 is 11.1 Å². The molecule has 0 spiro atoms. The Hall–Kier alpha value is -2.63. The largest absolute Gasteiger partial charge is 0.389 e. The summed E-state index contributed by atoms with van der Waals surface area (Å²) in [7, 11) is -3.35. The third-order valence-electron chi connectivity index (χ3n) is 5.29. The Labute approximate surface area is 194 Å². The van der Waals surface area contributed by atoms with E-state index in [9.17, 15) is 18.6 Å². The molecule has 3 rings (SSSR count). The monoisotopic (exact) mass is 473 g/mol. The lowest BCUT2D eigenvalue weighted by Gasteiger charge is -2.20. The molecule has 1 aliphatic rings. The molecule has 10 heteroatoms. The lowest BCUT2D eigenvalue weighted by Crippen LogP contribution is -2.31. The zero-order chi connectivity index (χ0) is 23.8. The zero-order valence-corrected chi connectivity index (χ0v) is 19.4. The highest BCUT2D eigenvalue weighted by Crippen LogP contribution is 2.21. The van der Waals surface area contributed by atoms with Gasteiger partial charge in [0.2, 0.25) is 16.0 Å². The molecule has 0 fully saturated rings. The van der Waals surface area contributed by atoms with Crippen molar-refractivity contribution >= 4 is 16.0 Å². The molecule has 0 amide bonds. The fourth-order valence-electron chi connectivity index (χ4n) is 3.52. The molecular weight excluding hydrogens is 442 g/mol. The normalized spacial score (nSPS) is 17.1. The number of nitrogens with zero attached hydrogens (tertiary/aromatic N) is 3. The summed E-state index contributed by atoms with van der Waals surface area (Å²) in [4.78, 5) is 8.75. The first-order chi connectivity index (χ1) is 15.8. The van der Waals surface area contributed by atoms with Gasteiger partial charge in [0.15, 0.2) is 0 Å². The maximum Gasteiger partial charge on any atom is 0.223 e. The van der Waals surface area contributed by atoms with Crippen LogP contribution in [0.25, 0.3) is 11.3 Å². The van der Waals surface area contributed by atoms with Gasteiger partial charge in [0.25, 0.3) is 0 Å². The molecule has 9 nitrogen and oxygen atoms in total. The summed E-state index contributed by atoms with van der Waals surface area (Å²) in [6.45, 7) is 1.25. The molecule has 1 heterocycles. The molecule has 5 N–H and O–H groups in total. The van der Waals surface area contributed by atoms with Crippen LogP contribution in [0.2, 0.25) is 0 Å². The number of nitrogens with two attached hydrogens (primary N) is 1. The molecule has 178 valence electrons. The van der Waals surface area contributed by atoms with Crippen molar-refractivity contribution in [2.24, 2.45) is 5.73 Å². The van der Waals surface area contributed by atoms with Crippen LogP contribution in [0.3, 0.4) is 0 Å². The molecule has 0 saturated heterocycles. The number of hydrogen-bond acceptors (Lipinski definition) is 8. The second kappa shape index (κ2) is 11.5. The summed E-state index contributed by atoms with van der Waals surface area (Å²) in [5.74, 6) is 0.366. The number of hydrogen-bond donors (Lipinski definition) is 4. The molecule has 1 aromatic heterocycles. The van der Waals surface area contributed by atoms with E-state index in [2.05, 4.69) is 15.3 Å². The number of anilines is 1. The number of benzene rings is 1. The molecule has 0 saturated carbocycles. The summed E-state index contributed by atoms with van der Waals surface area (Å²) in [6, 6.07) is 9.31. The average Bonchev–Trinajstić information content (AvgIpc) is 2.80. The molecule has 2 atom stereocenters. The quantitative estimate of drug-likeness (QED) is 0.382. The van der Waals surface area contributed by atoms with Gasteiger partial charge in [-0.05, 0) is 36.2 Å². The van der Waals surface area contributed by atoms with Crippen molar-refractivity contribution in [3.8, 4) is 11.3 Å². The minimum absolute atomic E-state index is 0.209. The Balaban J connectivity index is 1.69. The smallest absolute Gasteiger partial charge is 0.223 e. The van der Waals surface area contributed by atoms with Crippen molar-refractivity contribution in [2.75, 3.05) is 31.2 Å². The number of sulfonamides is 1. The average molecular weight is 474 g/mol. The summed E-state index contributed by atoms with van der Waals surface area (Å²) in [5, 5.41) is 23.1. The highest BCUT2D eigenvalue weighted by molar-refractivity contribution is 7.88. The first-order valence-electron chi connectivity index (χ1n) is 10.8. The summed E-state index contributed by atoms with van der Waals surface area (Å²) in [5.41, 5.74) is 8.63. The van der Waals surface area contributed by atoms with E-state index in [0.717, 1.165) is 16.7 Å². The number of rotatable bonds is 11. The Morgan fingerprint density at radius 2 is 2.15 bits per heavy atom. The van der Waals surface area contributed by atoms with Crippen molar-refractivity contribution in [2.45, 2.75) is 31.6 Å². The highest BCUT2D eigenvalue weighted by Gasteiger charge is 2.18. The number of aliphatic hydroxyl groups is 2.